The van der Waals surface area contributed by atoms with E-state index in [1.54, 1.807) is 4.57 Å². The number of hydrogen-bond donors (Lipinski definition) is 1. The van der Waals surface area contributed by atoms with Gasteiger partial charge in [0.15, 0.2) is 5.82 Å². The van der Waals surface area contributed by atoms with Crippen molar-refractivity contribution in [1.82, 2.24) is 19.7 Å². The first kappa shape index (κ1) is 12.6. The van der Waals surface area contributed by atoms with E-state index in [0.717, 1.165) is 16.5 Å². The predicted octanol–water partition coefficient (Wildman–Crippen LogP) is 1.78. The number of fused-ring (bicyclic) bond motifs is 1. The maximum absolute atomic E-state index is 12.0. The summed E-state index contributed by atoms with van der Waals surface area (Å²) in [6, 6.07) is 14.1. The number of aromatic nitrogens is 3. The molecule has 5 heteroatoms. The largest absolute Gasteiger partial charge is 0.347 e. The number of H-pyrrole nitrogens is 1. The topological polar surface area (TPSA) is 53.9 Å². The Morgan fingerprint density at radius 3 is 2.65 bits per heavy atom. The van der Waals surface area contributed by atoms with Gasteiger partial charge in [0.25, 0.3) is 0 Å². The molecule has 0 radical (unpaired) electrons. The van der Waals surface area contributed by atoms with Crippen LogP contribution in [0.15, 0.2) is 47.3 Å². The summed E-state index contributed by atoms with van der Waals surface area (Å²) in [6.07, 6.45) is 0. The summed E-state index contributed by atoms with van der Waals surface area (Å²) in [7, 11) is 3.90. The van der Waals surface area contributed by atoms with Crippen LogP contribution in [-0.2, 0) is 6.54 Å². The van der Waals surface area contributed by atoms with E-state index < -0.39 is 0 Å². The number of nitrogens with zero attached hydrogens (tertiary/aromatic N) is 3. The van der Waals surface area contributed by atoms with E-state index in [2.05, 4.69) is 16.3 Å². The van der Waals surface area contributed by atoms with Crippen LogP contribution in [-0.4, -0.2) is 33.8 Å². The molecule has 0 aliphatic carbocycles. The maximum Gasteiger partial charge on any atom is 0.347 e. The fourth-order valence-electron chi connectivity index (χ4n) is 2.30. The lowest BCUT2D eigenvalue weighted by atomic mass is 10.1. The summed E-state index contributed by atoms with van der Waals surface area (Å²) in [5.74, 6) is 0.704. The van der Waals surface area contributed by atoms with Crippen molar-refractivity contribution >= 4 is 10.8 Å². The normalized spacial score (nSPS) is 11.3. The van der Waals surface area contributed by atoms with Gasteiger partial charge in [-0.15, -0.1) is 0 Å². The van der Waals surface area contributed by atoms with Crippen molar-refractivity contribution in [3.05, 3.63) is 58.8 Å². The smallest absolute Gasteiger partial charge is 0.302 e. The first-order valence-electron chi connectivity index (χ1n) is 6.45. The highest BCUT2D eigenvalue weighted by Gasteiger charge is 2.11. The zero-order valence-corrected chi connectivity index (χ0v) is 11.5. The summed E-state index contributed by atoms with van der Waals surface area (Å²) in [4.78, 5) is 14.0. The molecular weight excluding hydrogens is 252 g/mol. The van der Waals surface area contributed by atoms with Crippen LogP contribution in [0.1, 0.15) is 5.82 Å². The Labute approximate surface area is 116 Å². The second-order valence-corrected chi connectivity index (χ2v) is 5.05. The number of nitrogens with one attached hydrogen (secondary N) is 1. The van der Waals surface area contributed by atoms with Crippen molar-refractivity contribution in [3.63, 3.8) is 0 Å². The van der Waals surface area contributed by atoms with E-state index in [4.69, 9.17) is 0 Å². The Hall–Kier alpha value is -2.40. The molecule has 0 unspecified atom stereocenters. The molecule has 0 bridgehead atoms. The second kappa shape index (κ2) is 4.94. The maximum atomic E-state index is 12.0. The van der Waals surface area contributed by atoms with E-state index in [9.17, 15) is 4.79 Å². The highest BCUT2D eigenvalue weighted by atomic mass is 16.1. The van der Waals surface area contributed by atoms with Gasteiger partial charge in [-0.25, -0.2) is 14.5 Å². The second-order valence-electron chi connectivity index (χ2n) is 5.05. The van der Waals surface area contributed by atoms with Gasteiger partial charge in [0, 0.05) is 0 Å². The Kier molecular flexibility index (Phi) is 3.12. The monoisotopic (exact) mass is 268 g/mol. The van der Waals surface area contributed by atoms with Crippen LogP contribution in [0.3, 0.4) is 0 Å². The molecule has 1 N–H and O–H groups in total. The average molecular weight is 268 g/mol. The van der Waals surface area contributed by atoms with Gasteiger partial charge in [-0.05, 0) is 37.0 Å². The Balaban J connectivity index is 2.15. The minimum Gasteiger partial charge on any atom is -0.302 e. The van der Waals surface area contributed by atoms with Crippen LogP contribution in [0.2, 0.25) is 0 Å². The molecule has 1 aromatic heterocycles. The van der Waals surface area contributed by atoms with Crippen molar-refractivity contribution in [2.75, 3.05) is 14.1 Å². The van der Waals surface area contributed by atoms with Gasteiger partial charge in [-0.2, -0.15) is 5.10 Å². The van der Waals surface area contributed by atoms with E-state index >= 15 is 0 Å². The predicted molar refractivity (Wildman–Crippen MR) is 79.1 cm³/mol. The molecule has 0 spiro atoms. The first-order valence-corrected chi connectivity index (χ1v) is 6.45. The SMILES string of the molecule is CN(C)Cc1n[nH]c(=O)n1-c1ccc2ccccc2c1. The lowest BCUT2D eigenvalue weighted by Gasteiger charge is -2.11. The highest BCUT2D eigenvalue weighted by Crippen LogP contribution is 2.18. The molecule has 0 atom stereocenters. The molecule has 2 aromatic carbocycles. The summed E-state index contributed by atoms with van der Waals surface area (Å²) in [5.41, 5.74) is 0.622. The van der Waals surface area contributed by atoms with Gasteiger partial charge in [-0.3, -0.25) is 0 Å². The third-order valence-corrected chi connectivity index (χ3v) is 3.19. The fraction of sp³-hybridized carbons (Fsp3) is 0.200. The third-order valence-electron chi connectivity index (χ3n) is 3.19. The van der Waals surface area contributed by atoms with Crippen LogP contribution < -0.4 is 5.69 Å². The standard InChI is InChI=1S/C15H16N4O/c1-18(2)10-14-16-17-15(20)19(14)13-8-7-11-5-3-4-6-12(11)9-13/h3-9H,10H2,1-2H3,(H,17,20). The van der Waals surface area contributed by atoms with E-state index in [-0.39, 0.29) is 5.69 Å². The molecule has 0 saturated heterocycles. The molecule has 3 aromatic rings. The average Bonchev–Trinajstić information content (AvgIpc) is 2.78. The van der Waals surface area contributed by atoms with Crippen LogP contribution in [0.5, 0.6) is 0 Å². The summed E-state index contributed by atoms with van der Waals surface area (Å²) < 4.78 is 1.62. The molecule has 1 heterocycles. The van der Waals surface area contributed by atoms with E-state index in [0.29, 0.717) is 12.4 Å². The first-order chi connectivity index (χ1) is 9.65. The van der Waals surface area contributed by atoms with E-state index in [1.807, 2.05) is 55.4 Å². The van der Waals surface area contributed by atoms with Gasteiger partial charge < -0.3 is 4.90 Å². The Bertz CT molecular complexity index is 801. The van der Waals surface area contributed by atoms with Crippen LogP contribution in [0, 0.1) is 0 Å². The number of aromatic amines is 1. The number of benzene rings is 2. The van der Waals surface area contributed by atoms with Crippen LogP contribution >= 0.6 is 0 Å². The summed E-state index contributed by atoms with van der Waals surface area (Å²) >= 11 is 0. The molecule has 3 rings (SSSR count). The molecular formula is C15H16N4O. The molecule has 0 amide bonds. The molecule has 0 saturated carbocycles. The highest BCUT2D eigenvalue weighted by molar-refractivity contribution is 5.84. The van der Waals surface area contributed by atoms with Gasteiger partial charge in [-0.1, -0.05) is 30.3 Å². The van der Waals surface area contributed by atoms with Crippen molar-refractivity contribution in [2.24, 2.45) is 0 Å². The molecule has 0 fully saturated rings. The summed E-state index contributed by atoms with van der Waals surface area (Å²) in [5, 5.41) is 8.88. The zero-order chi connectivity index (χ0) is 14.1. The van der Waals surface area contributed by atoms with Crippen LogP contribution in [0.4, 0.5) is 0 Å². The number of rotatable bonds is 3. The minimum absolute atomic E-state index is 0.211. The number of hydrogen-bond acceptors (Lipinski definition) is 3. The Morgan fingerprint density at radius 2 is 1.90 bits per heavy atom. The van der Waals surface area contributed by atoms with Gasteiger partial charge in [0.2, 0.25) is 0 Å². The molecule has 20 heavy (non-hydrogen) atoms. The fourth-order valence-corrected chi connectivity index (χ4v) is 2.30. The van der Waals surface area contributed by atoms with Crippen LogP contribution in [0.25, 0.3) is 16.5 Å². The summed E-state index contributed by atoms with van der Waals surface area (Å²) in [6.45, 7) is 0.603. The van der Waals surface area contributed by atoms with Crippen molar-refractivity contribution in [2.45, 2.75) is 6.54 Å². The minimum atomic E-state index is -0.211. The van der Waals surface area contributed by atoms with Crippen molar-refractivity contribution in [3.8, 4) is 5.69 Å². The lowest BCUT2D eigenvalue weighted by molar-refractivity contribution is 0.387. The van der Waals surface area contributed by atoms with Crippen molar-refractivity contribution < 1.29 is 0 Å². The molecule has 0 aliphatic heterocycles. The van der Waals surface area contributed by atoms with Crippen molar-refractivity contribution in [1.29, 1.82) is 0 Å². The van der Waals surface area contributed by atoms with E-state index in [1.165, 1.54) is 0 Å². The Morgan fingerprint density at radius 1 is 1.15 bits per heavy atom. The lowest BCUT2D eigenvalue weighted by Crippen LogP contribution is -2.20. The third kappa shape index (κ3) is 2.23. The quantitative estimate of drug-likeness (QED) is 0.787. The van der Waals surface area contributed by atoms with Gasteiger partial charge in [0.05, 0.1) is 12.2 Å². The molecule has 102 valence electrons. The molecule has 0 aliphatic rings. The molecule has 5 nitrogen and oxygen atoms in total. The zero-order valence-electron chi connectivity index (χ0n) is 11.5. The van der Waals surface area contributed by atoms with Gasteiger partial charge >= 0.3 is 5.69 Å². The van der Waals surface area contributed by atoms with Gasteiger partial charge in [0.1, 0.15) is 0 Å².